The van der Waals surface area contributed by atoms with Gasteiger partial charge >= 0.3 is 5.97 Å². The third-order valence-electron chi connectivity index (χ3n) is 3.88. The molecule has 3 rings (SSSR count). The second kappa shape index (κ2) is 8.94. The van der Waals surface area contributed by atoms with Gasteiger partial charge in [0.05, 0.1) is 5.03 Å². The Morgan fingerprint density at radius 3 is 2.86 bits per heavy atom. The van der Waals surface area contributed by atoms with Gasteiger partial charge in [-0.1, -0.05) is 16.8 Å². The number of aliphatic carboxylic acids is 1. The first-order valence-electron chi connectivity index (χ1n) is 8.22. The predicted molar refractivity (Wildman–Crippen MR) is 106 cm³/mol. The lowest BCUT2D eigenvalue weighted by atomic mass is 10.0. The average molecular weight is 462 g/mol. The molecule has 0 radical (unpaired) electrons. The molecule has 29 heavy (non-hydrogen) atoms. The van der Waals surface area contributed by atoms with Crippen LogP contribution in [-0.2, 0) is 19.2 Å². The normalized spacial score (nSPS) is 21.5. The van der Waals surface area contributed by atoms with E-state index in [0.717, 1.165) is 16.4 Å². The molecule has 2 aliphatic rings. The van der Waals surface area contributed by atoms with Gasteiger partial charge < -0.3 is 26.7 Å². The summed E-state index contributed by atoms with van der Waals surface area (Å²) in [7, 11) is 0. The number of rotatable bonds is 8. The Kier molecular flexibility index (Phi) is 6.56. The number of nitrogen functional groups attached to an aromatic ring is 1. The van der Waals surface area contributed by atoms with Crippen LogP contribution < -0.4 is 16.8 Å². The van der Waals surface area contributed by atoms with Crippen LogP contribution in [0.4, 0.5) is 5.13 Å². The van der Waals surface area contributed by atoms with E-state index in [1.807, 2.05) is 0 Å². The number of carboxylic acids is 1. The molecule has 2 aliphatic heterocycles. The van der Waals surface area contributed by atoms with Crippen LogP contribution >= 0.6 is 34.9 Å². The highest BCUT2D eigenvalue weighted by atomic mass is 35.5. The summed E-state index contributed by atoms with van der Waals surface area (Å²) in [5.74, 6) is -2.51. The largest absolute Gasteiger partial charge is 0.477 e. The number of carbonyl (C=O) groups is 3. The van der Waals surface area contributed by atoms with E-state index in [1.165, 1.54) is 11.8 Å². The SMILES string of the molecule is NCCCON=C(C(=O)NC1C(=O)N2C(C(=O)O)=C(Cl)CS[C@H]12)c1nsc(N)n1. The first-order valence-corrected chi connectivity index (χ1v) is 10.4. The molecule has 1 fully saturated rings. The molecule has 0 saturated carbocycles. The molecule has 2 atom stereocenters. The molecule has 0 spiro atoms. The maximum Gasteiger partial charge on any atom is 0.353 e. The van der Waals surface area contributed by atoms with Crippen molar-refractivity contribution in [2.75, 3.05) is 24.6 Å². The van der Waals surface area contributed by atoms with Gasteiger partial charge in [-0.05, 0) is 13.0 Å². The average Bonchev–Trinajstić information content (AvgIpc) is 3.11. The van der Waals surface area contributed by atoms with E-state index >= 15 is 0 Å². The van der Waals surface area contributed by atoms with Crippen LogP contribution in [-0.4, -0.2) is 73.2 Å². The molecule has 0 aromatic carbocycles. The second-order valence-electron chi connectivity index (χ2n) is 5.79. The van der Waals surface area contributed by atoms with Crippen molar-refractivity contribution >= 4 is 63.5 Å². The number of anilines is 1. The summed E-state index contributed by atoms with van der Waals surface area (Å²) in [6.07, 6.45) is 0.519. The zero-order chi connectivity index (χ0) is 21.1. The van der Waals surface area contributed by atoms with Crippen molar-refractivity contribution in [2.45, 2.75) is 17.8 Å². The molecule has 1 unspecified atom stereocenters. The summed E-state index contributed by atoms with van der Waals surface area (Å²) in [5, 5.41) is 15.2. The Morgan fingerprint density at radius 1 is 1.48 bits per heavy atom. The Labute approximate surface area is 177 Å². The van der Waals surface area contributed by atoms with Crippen LogP contribution in [0.15, 0.2) is 15.9 Å². The van der Waals surface area contributed by atoms with Crippen molar-refractivity contribution in [3.05, 3.63) is 16.6 Å². The number of carbonyl (C=O) groups excluding carboxylic acids is 2. The minimum atomic E-state index is -1.31. The number of aromatic nitrogens is 2. The van der Waals surface area contributed by atoms with E-state index in [0.29, 0.717) is 13.0 Å². The zero-order valence-electron chi connectivity index (χ0n) is 14.7. The van der Waals surface area contributed by atoms with E-state index < -0.39 is 29.2 Å². The van der Waals surface area contributed by atoms with Crippen LogP contribution in [0.3, 0.4) is 0 Å². The third kappa shape index (κ3) is 4.29. The lowest BCUT2D eigenvalue weighted by Crippen LogP contribution is -2.71. The number of nitrogens with two attached hydrogens (primary N) is 2. The van der Waals surface area contributed by atoms with Crippen molar-refractivity contribution in [2.24, 2.45) is 10.9 Å². The van der Waals surface area contributed by atoms with Crippen molar-refractivity contribution in [1.29, 1.82) is 0 Å². The van der Waals surface area contributed by atoms with Gasteiger partial charge in [0, 0.05) is 17.3 Å². The van der Waals surface area contributed by atoms with Gasteiger partial charge in [-0.15, -0.1) is 11.8 Å². The van der Waals surface area contributed by atoms with E-state index in [1.54, 1.807) is 0 Å². The number of halogens is 1. The molecule has 0 bridgehead atoms. The number of β-lactam (4-membered cyclic amide) rings is 1. The van der Waals surface area contributed by atoms with Gasteiger partial charge in [-0.3, -0.25) is 14.5 Å². The molecule has 156 valence electrons. The van der Waals surface area contributed by atoms with Gasteiger partial charge in [0.2, 0.25) is 11.5 Å². The molecule has 3 heterocycles. The maximum absolute atomic E-state index is 12.7. The van der Waals surface area contributed by atoms with Gasteiger partial charge in [0.15, 0.2) is 5.13 Å². The van der Waals surface area contributed by atoms with E-state index in [4.69, 9.17) is 27.9 Å². The highest BCUT2D eigenvalue weighted by Crippen LogP contribution is 2.41. The molecule has 2 amide bonds. The Hall–Kier alpha value is -2.42. The third-order valence-corrected chi connectivity index (χ3v) is 6.17. The van der Waals surface area contributed by atoms with Gasteiger partial charge in [0.25, 0.3) is 11.8 Å². The van der Waals surface area contributed by atoms with E-state index in [2.05, 4.69) is 19.8 Å². The summed E-state index contributed by atoms with van der Waals surface area (Å²) < 4.78 is 3.94. The molecule has 1 saturated heterocycles. The number of nitrogens with zero attached hydrogens (tertiary/aromatic N) is 4. The minimum Gasteiger partial charge on any atom is -0.477 e. The van der Waals surface area contributed by atoms with Crippen molar-refractivity contribution < 1.29 is 24.3 Å². The van der Waals surface area contributed by atoms with Crippen molar-refractivity contribution in [1.82, 2.24) is 19.6 Å². The minimum absolute atomic E-state index is 0.0492. The molecule has 1 aromatic heterocycles. The number of hydrogen-bond acceptors (Lipinski definition) is 11. The fraction of sp³-hybridized carbons (Fsp3) is 0.429. The van der Waals surface area contributed by atoms with Crippen LogP contribution in [0.5, 0.6) is 0 Å². The molecular weight excluding hydrogens is 446 g/mol. The lowest BCUT2D eigenvalue weighted by Gasteiger charge is -2.48. The Morgan fingerprint density at radius 2 is 2.24 bits per heavy atom. The summed E-state index contributed by atoms with van der Waals surface area (Å²) >= 11 is 8.04. The summed E-state index contributed by atoms with van der Waals surface area (Å²) in [5.41, 5.74) is 10.4. The molecule has 1 aromatic rings. The van der Waals surface area contributed by atoms with Gasteiger partial charge in [-0.25, -0.2) is 4.79 Å². The first kappa shape index (κ1) is 21.3. The Balaban J connectivity index is 1.75. The summed E-state index contributed by atoms with van der Waals surface area (Å²) in [4.78, 5) is 46.6. The molecule has 0 aliphatic carbocycles. The standard InChI is InChI=1S/C14H16ClN7O5S2/c15-5-4-28-12-7(11(24)22(12)8(5)13(25)26)18-10(23)6(20-27-3-1-2-16)9-19-14(17)29-21-9/h7,12H,1-4,16H2,(H,18,23)(H,25,26)(H2,17,19,21)/t7?,12-/m1/s1. The van der Waals surface area contributed by atoms with Gasteiger partial charge in [0.1, 0.15) is 23.7 Å². The fourth-order valence-corrected chi connectivity index (χ4v) is 4.55. The molecule has 15 heteroatoms. The van der Waals surface area contributed by atoms with Crippen LogP contribution in [0.1, 0.15) is 12.2 Å². The predicted octanol–water partition coefficient (Wildman–Crippen LogP) is -0.875. The highest BCUT2D eigenvalue weighted by molar-refractivity contribution is 8.00. The lowest BCUT2D eigenvalue weighted by molar-refractivity contribution is -0.150. The molecule has 12 nitrogen and oxygen atoms in total. The first-order chi connectivity index (χ1) is 13.8. The van der Waals surface area contributed by atoms with Crippen LogP contribution in [0, 0.1) is 0 Å². The van der Waals surface area contributed by atoms with Crippen LogP contribution in [0.2, 0.25) is 0 Å². The zero-order valence-corrected chi connectivity index (χ0v) is 17.1. The number of nitrogens with one attached hydrogen (secondary N) is 1. The number of fused-ring (bicyclic) bond motifs is 1. The van der Waals surface area contributed by atoms with E-state index in [-0.39, 0.29) is 39.8 Å². The second-order valence-corrected chi connectivity index (χ2v) is 8.14. The maximum atomic E-state index is 12.7. The summed E-state index contributed by atoms with van der Waals surface area (Å²) in [6.45, 7) is 0.555. The van der Waals surface area contributed by atoms with Crippen molar-refractivity contribution in [3.8, 4) is 0 Å². The molecule has 6 N–H and O–H groups in total. The molecular formula is C14H16ClN7O5S2. The summed E-state index contributed by atoms with van der Waals surface area (Å²) in [6, 6.07) is -0.961. The number of amides is 2. The number of hydrogen-bond donors (Lipinski definition) is 4. The highest BCUT2D eigenvalue weighted by Gasteiger charge is 2.54. The van der Waals surface area contributed by atoms with Gasteiger partial charge in [-0.2, -0.15) is 9.36 Å². The topological polar surface area (TPSA) is 186 Å². The fourth-order valence-electron chi connectivity index (χ4n) is 2.56. The van der Waals surface area contributed by atoms with Crippen LogP contribution in [0.25, 0.3) is 0 Å². The Bertz CT molecular complexity index is 905. The number of oxime groups is 1. The number of carboxylic acid groups (broad SMARTS) is 1. The monoisotopic (exact) mass is 461 g/mol. The quantitative estimate of drug-likeness (QED) is 0.164. The van der Waals surface area contributed by atoms with Crippen molar-refractivity contribution in [3.63, 3.8) is 0 Å². The number of thioether (sulfide) groups is 1. The van der Waals surface area contributed by atoms with E-state index in [9.17, 15) is 19.5 Å². The smallest absolute Gasteiger partial charge is 0.353 e.